The van der Waals surface area contributed by atoms with Crippen LogP contribution in [0.4, 0.5) is 0 Å². The van der Waals surface area contributed by atoms with Gasteiger partial charge in [0, 0.05) is 0 Å². The number of aliphatic hydroxyl groups excluding tert-OH is 4. The van der Waals surface area contributed by atoms with E-state index in [0.29, 0.717) is 25.9 Å². The molecular formula is C8H19NO4. The van der Waals surface area contributed by atoms with Crippen molar-refractivity contribution in [2.45, 2.75) is 25.0 Å². The van der Waals surface area contributed by atoms with E-state index in [4.69, 9.17) is 20.4 Å². The second kappa shape index (κ2) is 8.40. The molecule has 0 rings (SSSR count). The molecule has 0 aliphatic carbocycles. The van der Waals surface area contributed by atoms with E-state index in [1.807, 2.05) is 0 Å². The van der Waals surface area contributed by atoms with Crippen molar-refractivity contribution in [1.82, 2.24) is 5.32 Å². The fourth-order valence-corrected chi connectivity index (χ4v) is 0.845. The van der Waals surface area contributed by atoms with Crippen molar-refractivity contribution in [2.24, 2.45) is 0 Å². The summed E-state index contributed by atoms with van der Waals surface area (Å²) in [7, 11) is 0. The molecule has 2 atom stereocenters. The molecule has 0 saturated carbocycles. The minimum absolute atomic E-state index is 0.221. The van der Waals surface area contributed by atoms with Crippen LogP contribution in [0.2, 0.25) is 0 Å². The number of aliphatic hydroxyl groups is 4. The van der Waals surface area contributed by atoms with Gasteiger partial charge in [-0.2, -0.15) is 0 Å². The summed E-state index contributed by atoms with van der Waals surface area (Å²) in [6.07, 6.45) is -0.359. The summed E-state index contributed by atoms with van der Waals surface area (Å²) >= 11 is 0. The summed E-state index contributed by atoms with van der Waals surface area (Å²) in [6, 6.07) is 0. The molecule has 0 aliphatic rings. The SMILES string of the molecule is OC[C@@H](O)CCNCC[C@H](O)CO. The summed E-state index contributed by atoms with van der Waals surface area (Å²) in [5.74, 6) is 0. The lowest BCUT2D eigenvalue weighted by Gasteiger charge is -2.09. The van der Waals surface area contributed by atoms with Gasteiger partial charge in [0.15, 0.2) is 0 Å². The maximum atomic E-state index is 8.93. The predicted molar refractivity (Wildman–Crippen MR) is 48.3 cm³/mol. The normalized spacial score (nSPS) is 15.7. The Kier molecular flexibility index (Phi) is 8.27. The Balaban J connectivity index is 3.08. The fraction of sp³-hybridized carbons (Fsp3) is 1.00. The summed E-state index contributed by atoms with van der Waals surface area (Å²) in [6.45, 7) is 0.752. The van der Waals surface area contributed by atoms with E-state index >= 15 is 0 Å². The average Bonchev–Trinajstić information content (AvgIpc) is 2.16. The van der Waals surface area contributed by atoms with Crippen LogP contribution in [0.1, 0.15) is 12.8 Å². The molecule has 0 bridgehead atoms. The van der Waals surface area contributed by atoms with Crippen molar-refractivity contribution < 1.29 is 20.4 Å². The molecular weight excluding hydrogens is 174 g/mol. The average molecular weight is 193 g/mol. The van der Waals surface area contributed by atoms with Crippen molar-refractivity contribution in [1.29, 1.82) is 0 Å². The van der Waals surface area contributed by atoms with Gasteiger partial charge in [-0.05, 0) is 25.9 Å². The first-order chi connectivity index (χ1) is 6.20. The van der Waals surface area contributed by atoms with E-state index in [2.05, 4.69) is 5.32 Å². The number of hydrogen-bond donors (Lipinski definition) is 5. The number of nitrogens with one attached hydrogen (secondary N) is 1. The number of hydrogen-bond acceptors (Lipinski definition) is 5. The first kappa shape index (κ1) is 12.8. The molecule has 0 aromatic carbocycles. The van der Waals surface area contributed by atoms with E-state index in [-0.39, 0.29) is 13.2 Å². The molecule has 0 saturated heterocycles. The Bertz CT molecular complexity index is 100. The molecule has 0 aromatic rings. The highest BCUT2D eigenvalue weighted by Gasteiger charge is 2.02. The Labute approximate surface area is 78.0 Å². The Morgan fingerprint density at radius 1 is 0.846 bits per heavy atom. The van der Waals surface area contributed by atoms with Gasteiger partial charge in [0.1, 0.15) is 0 Å². The van der Waals surface area contributed by atoms with Crippen molar-refractivity contribution in [3.8, 4) is 0 Å². The van der Waals surface area contributed by atoms with Crippen LogP contribution in [0.25, 0.3) is 0 Å². The second-order valence-corrected chi connectivity index (χ2v) is 3.00. The lowest BCUT2D eigenvalue weighted by Crippen LogP contribution is -2.26. The van der Waals surface area contributed by atoms with Crippen LogP contribution >= 0.6 is 0 Å². The standard InChI is InChI=1S/C8H19NO4/c10-5-7(12)1-3-9-4-2-8(13)6-11/h7-13H,1-6H2/t7-,8-/m0/s1. The lowest BCUT2D eigenvalue weighted by molar-refractivity contribution is 0.0828. The molecule has 5 heteroatoms. The van der Waals surface area contributed by atoms with Crippen molar-refractivity contribution in [3.63, 3.8) is 0 Å². The van der Waals surface area contributed by atoms with Crippen LogP contribution in [-0.2, 0) is 0 Å². The maximum absolute atomic E-state index is 8.93. The van der Waals surface area contributed by atoms with Crippen LogP contribution in [0.15, 0.2) is 0 Å². The van der Waals surface area contributed by atoms with Gasteiger partial charge in [0.05, 0.1) is 25.4 Å². The molecule has 5 N–H and O–H groups in total. The van der Waals surface area contributed by atoms with Gasteiger partial charge in [-0.1, -0.05) is 0 Å². The highest BCUT2D eigenvalue weighted by atomic mass is 16.3. The summed E-state index contributed by atoms with van der Waals surface area (Å²) < 4.78 is 0. The molecule has 0 radical (unpaired) electrons. The second-order valence-electron chi connectivity index (χ2n) is 3.00. The predicted octanol–water partition coefficient (Wildman–Crippen LogP) is -1.94. The van der Waals surface area contributed by atoms with Crippen molar-refractivity contribution in [3.05, 3.63) is 0 Å². The van der Waals surface area contributed by atoms with Crippen molar-refractivity contribution >= 4 is 0 Å². The highest BCUT2D eigenvalue weighted by Crippen LogP contribution is 1.89. The third-order valence-corrected chi connectivity index (χ3v) is 1.73. The quantitative estimate of drug-likeness (QED) is 0.289. The molecule has 0 spiro atoms. The van der Waals surface area contributed by atoms with E-state index < -0.39 is 12.2 Å². The van der Waals surface area contributed by atoms with E-state index in [1.165, 1.54) is 0 Å². The van der Waals surface area contributed by atoms with Gasteiger partial charge < -0.3 is 25.7 Å². The molecule has 80 valence electrons. The summed E-state index contributed by atoms with van der Waals surface area (Å²) in [5.41, 5.74) is 0. The van der Waals surface area contributed by atoms with Gasteiger partial charge >= 0.3 is 0 Å². The van der Waals surface area contributed by atoms with Crippen LogP contribution in [0.5, 0.6) is 0 Å². The van der Waals surface area contributed by atoms with Gasteiger partial charge in [-0.25, -0.2) is 0 Å². The molecule has 0 aliphatic heterocycles. The first-order valence-corrected chi connectivity index (χ1v) is 4.49. The van der Waals surface area contributed by atoms with E-state index in [0.717, 1.165) is 0 Å². The van der Waals surface area contributed by atoms with Gasteiger partial charge in [-0.3, -0.25) is 0 Å². The molecule has 0 aromatic heterocycles. The van der Waals surface area contributed by atoms with Crippen LogP contribution in [0.3, 0.4) is 0 Å². The molecule has 0 unspecified atom stereocenters. The number of rotatable bonds is 8. The fourth-order valence-electron chi connectivity index (χ4n) is 0.845. The largest absolute Gasteiger partial charge is 0.394 e. The first-order valence-electron chi connectivity index (χ1n) is 4.49. The van der Waals surface area contributed by atoms with Crippen LogP contribution in [-0.4, -0.2) is 58.9 Å². The van der Waals surface area contributed by atoms with Crippen molar-refractivity contribution in [2.75, 3.05) is 26.3 Å². The lowest BCUT2D eigenvalue weighted by atomic mass is 10.2. The molecule has 0 amide bonds. The van der Waals surface area contributed by atoms with Gasteiger partial charge in [-0.15, -0.1) is 0 Å². The zero-order valence-corrected chi connectivity index (χ0v) is 7.69. The monoisotopic (exact) mass is 193 g/mol. The van der Waals surface area contributed by atoms with Gasteiger partial charge in [0.2, 0.25) is 0 Å². The smallest absolute Gasteiger partial charge is 0.0783 e. The van der Waals surface area contributed by atoms with E-state index in [9.17, 15) is 0 Å². The zero-order chi connectivity index (χ0) is 10.1. The maximum Gasteiger partial charge on any atom is 0.0783 e. The minimum atomic E-state index is -0.671. The Morgan fingerprint density at radius 2 is 1.23 bits per heavy atom. The third-order valence-electron chi connectivity index (χ3n) is 1.73. The summed E-state index contributed by atoms with van der Waals surface area (Å²) in [5, 5.41) is 37.8. The molecule has 5 nitrogen and oxygen atoms in total. The molecule has 0 heterocycles. The summed E-state index contributed by atoms with van der Waals surface area (Å²) in [4.78, 5) is 0. The topological polar surface area (TPSA) is 93.0 Å². The molecule has 13 heavy (non-hydrogen) atoms. The third kappa shape index (κ3) is 8.14. The van der Waals surface area contributed by atoms with Crippen LogP contribution in [0, 0.1) is 0 Å². The van der Waals surface area contributed by atoms with E-state index in [1.54, 1.807) is 0 Å². The van der Waals surface area contributed by atoms with Gasteiger partial charge in [0.25, 0.3) is 0 Å². The van der Waals surface area contributed by atoms with Crippen LogP contribution < -0.4 is 5.32 Å². The molecule has 0 fully saturated rings. The Hall–Kier alpha value is -0.200. The highest BCUT2D eigenvalue weighted by molar-refractivity contribution is 4.58. The minimum Gasteiger partial charge on any atom is -0.394 e. The zero-order valence-electron chi connectivity index (χ0n) is 7.69. The Morgan fingerprint density at radius 3 is 1.54 bits per heavy atom.